The van der Waals surface area contributed by atoms with E-state index in [1.54, 1.807) is 16.0 Å². The van der Waals surface area contributed by atoms with E-state index in [0.717, 1.165) is 32.0 Å². The van der Waals surface area contributed by atoms with Gasteiger partial charge in [0, 0.05) is 30.1 Å². The Hall–Kier alpha value is -1.45. The molecule has 1 saturated heterocycles. The first kappa shape index (κ1) is 17.0. The molecule has 9 heteroatoms. The largest absolute Gasteiger partial charge is 0.353 e. The second-order valence-corrected chi connectivity index (χ2v) is 8.57. The summed E-state index contributed by atoms with van der Waals surface area (Å²) in [6.07, 6.45) is 4.83. The number of hydrogen-bond acceptors (Lipinski definition) is 7. The molecule has 2 fully saturated rings. The van der Waals surface area contributed by atoms with Crippen LogP contribution in [0.15, 0.2) is 22.7 Å². The predicted octanol–water partition coefficient (Wildman–Crippen LogP) is 1.62. The van der Waals surface area contributed by atoms with Crippen LogP contribution in [0.25, 0.3) is 0 Å². The zero-order valence-corrected chi connectivity index (χ0v) is 15.6. The first-order chi connectivity index (χ1) is 12.3. The molecule has 0 bridgehead atoms. The Morgan fingerprint density at radius 2 is 2.16 bits per heavy atom. The molecule has 1 saturated carbocycles. The van der Waals surface area contributed by atoms with Gasteiger partial charge >= 0.3 is 0 Å². The third-order valence-electron chi connectivity index (χ3n) is 4.68. The zero-order chi connectivity index (χ0) is 17.1. The van der Waals surface area contributed by atoms with Crippen LogP contribution < -0.4 is 5.32 Å². The molecule has 25 heavy (non-hydrogen) atoms. The van der Waals surface area contributed by atoms with Crippen LogP contribution in [-0.2, 0) is 11.3 Å². The summed E-state index contributed by atoms with van der Waals surface area (Å²) in [5.74, 6) is 0.425. The van der Waals surface area contributed by atoms with E-state index in [-0.39, 0.29) is 5.91 Å². The van der Waals surface area contributed by atoms with Gasteiger partial charge in [0.05, 0.1) is 12.3 Å². The molecule has 0 aromatic carbocycles. The smallest absolute Gasteiger partial charge is 0.230 e. The summed E-state index contributed by atoms with van der Waals surface area (Å²) in [6, 6.07) is 5.21. The number of carbonyl (C=O) groups excluding carboxylic acids is 1. The van der Waals surface area contributed by atoms with Gasteiger partial charge in [0.1, 0.15) is 0 Å². The van der Waals surface area contributed by atoms with Gasteiger partial charge in [-0.05, 0) is 47.6 Å². The fourth-order valence-corrected chi connectivity index (χ4v) is 4.57. The highest BCUT2D eigenvalue weighted by Gasteiger charge is 2.32. The maximum Gasteiger partial charge on any atom is 0.230 e. The van der Waals surface area contributed by atoms with Crippen molar-refractivity contribution in [2.75, 3.05) is 18.8 Å². The van der Waals surface area contributed by atoms with Gasteiger partial charge in [0.2, 0.25) is 11.1 Å². The van der Waals surface area contributed by atoms with Crippen LogP contribution in [-0.4, -0.2) is 61.9 Å². The highest BCUT2D eigenvalue weighted by Crippen LogP contribution is 2.29. The minimum Gasteiger partial charge on any atom is -0.353 e. The Labute approximate surface area is 155 Å². The Morgan fingerprint density at radius 3 is 2.88 bits per heavy atom. The van der Waals surface area contributed by atoms with Crippen molar-refractivity contribution in [2.24, 2.45) is 0 Å². The van der Waals surface area contributed by atoms with E-state index in [1.165, 1.54) is 29.5 Å². The van der Waals surface area contributed by atoms with Crippen LogP contribution in [0.2, 0.25) is 0 Å². The molecule has 1 aliphatic heterocycles. The van der Waals surface area contributed by atoms with E-state index < -0.39 is 0 Å². The van der Waals surface area contributed by atoms with Gasteiger partial charge in [0.25, 0.3) is 0 Å². The van der Waals surface area contributed by atoms with E-state index in [0.29, 0.717) is 23.5 Å². The van der Waals surface area contributed by atoms with Crippen molar-refractivity contribution in [1.29, 1.82) is 0 Å². The summed E-state index contributed by atoms with van der Waals surface area (Å²) in [4.78, 5) is 16.0. The third-order valence-corrected chi connectivity index (χ3v) is 6.49. The lowest BCUT2D eigenvalue weighted by atomic mass is 10.1. The van der Waals surface area contributed by atoms with Gasteiger partial charge in [-0.2, -0.15) is 0 Å². The number of tetrazole rings is 1. The minimum absolute atomic E-state index is 0.0699. The van der Waals surface area contributed by atoms with Crippen molar-refractivity contribution < 1.29 is 4.79 Å². The van der Waals surface area contributed by atoms with Gasteiger partial charge in [-0.1, -0.05) is 17.8 Å². The number of nitrogens with zero attached hydrogens (tertiary/aromatic N) is 5. The maximum atomic E-state index is 12.2. The number of thioether (sulfide) groups is 1. The van der Waals surface area contributed by atoms with Crippen LogP contribution in [0, 0.1) is 0 Å². The third kappa shape index (κ3) is 4.59. The summed E-state index contributed by atoms with van der Waals surface area (Å²) >= 11 is 3.07. The fourth-order valence-electron chi connectivity index (χ4n) is 3.20. The van der Waals surface area contributed by atoms with Crippen LogP contribution in [0.4, 0.5) is 0 Å². The van der Waals surface area contributed by atoms with E-state index in [1.807, 2.05) is 11.4 Å². The number of thiophene rings is 1. The van der Waals surface area contributed by atoms with Crippen molar-refractivity contribution in [3.63, 3.8) is 0 Å². The second kappa shape index (κ2) is 7.84. The van der Waals surface area contributed by atoms with Crippen molar-refractivity contribution in [3.8, 4) is 0 Å². The Balaban J connectivity index is 1.22. The number of aromatic nitrogens is 4. The molecule has 134 valence electrons. The van der Waals surface area contributed by atoms with Crippen molar-refractivity contribution in [1.82, 2.24) is 30.4 Å². The molecule has 4 rings (SSSR count). The van der Waals surface area contributed by atoms with Gasteiger partial charge in [-0.15, -0.1) is 16.4 Å². The highest BCUT2D eigenvalue weighted by atomic mass is 32.2. The Bertz CT molecular complexity index is 691. The van der Waals surface area contributed by atoms with Crippen LogP contribution >= 0.6 is 23.1 Å². The summed E-state index contributed by atoms with van der Waals surface area (Å²) in [5.41, 5.74) is 0. The lowest BCUT2D eigenvalue weighted by molar-refractivity contribution is -0.119. The maximum absolute atomic E-state index is 12.2. The second-order valence-electron chi connectivity index (χ2n) is 6.60. The van der Waals surface area contributed by atoms with Crippen LogP contribution in [0.5, 0.6) is 0 Å². The molecule has 7 nitrogen and oxygen atoms in total. The number of nitrogens with one attached hydrogen (secondary N) is 1. The summed E-state index contributed by atoms with van der Waals surface area (Å²) in [6.45, 7) is 2.87. The predicted molar refractivity (Wildman–Crippen MR) is 97.7 cm³/mol. The summed E-state index contributed by atoms with van der Waals surface area (Å²) in [5, 5.41) is 17.7. The van der Waals surface area contributed by atoms with Crippen molar-refractivity contribution in [3.05, 3.63) is 22.4 Å². The number of carbonyl (C=O) groups is 1. The van der Waals surface area contributed by atoms with E-state index in [4.69, 9.17) is 0 Å². The molecule has 2 aromatic rings. The molecule has 2 aromatic heterocycles. The van der Waals surface area contributed by atoms with Gasteiger partial charge in [-0.25, -0.2) is 4.68 Å². The molecule has 1 amide bonds. The Kier molecular flexibility index (Phi) is 5.33. The molecule has 1 aliphatic carbocycles. The number of rotatable bonds is 7. The quantitative estimate of drug-likeness (QED) is 0.738. The molecule has 3 heterocycles. The van der Waals surface area contributed by atoms with Gasteiger partial charge in [-0.3, -0.25) is 4.79 Å². The standard InChI is InChI=1S/C16H22N6OS2/c23-15(17-12-5-7-21(8-6-12)13-3-4-13)11-25-16-18-19-20-22(16)10-14-2-1-9-24-14/h1-2,9,12-13H,3-8,10-11H2,(H,17,23). The van der Waals surface area contributed by atoms with Gasteiger partial charge in [0.15, 0.2) is 0 Å². The van der Waals surface area contributed by atoms with Crippen LogP contribution in [0.3, 0.4) is 0 Å². The number of hydrogen-bond donors (Lipinski definition) is 1. The lowest BCUT2D eigenvalue weighted by Gasteiger charge is -2.32. The van der Waals surface area contributed by atoms with Crippen LogP contribution in [0.1, 0.15) is 30.6 Å². The van der Waals surface area contributed by atoms with E-state index >= 15 is 0 Å². The highest BCUT2D eigenvalue weighted by molar-refractivity contribution is 7.99. The SMILES string of the molecule is O=C(CSc1nnnn1Cc1cccs1)NC1CCN(C2CC2)CC1. The van der Waals surface area contributed by atoms with E-state index in [9.17, 15) is 4.79 Å². The lowest BCUT2D eigenvalue weighted by Crippen LogP contribution is -2.45. The van der Waals surface area contributed by atoms with Crippen molar-refractivity contribution in [2.45, 2.75) is 49.5 Å². The molecule has 0 unspecified atom stereocenters. The fraction of sp³-hybridized carbons (Fsp3) is 0.625. The molecule has 0 atom stereocenters. The number of likely N-dealkylation sites (tertiary alicyclic amines) is 1. The average Bonchev–Trinajstić information content (AvgIpc) is 3.17. The first-order valence-electron chi connectivity index (χ1n) is 8.72. The molecule has 1 N–H and O–H groups in total. The molecule has 2 aliphatic rings. The summed E-state index contributed by atoms with van der Waals surface area (Å²) in [7, 11) is 0. The Morgan fingerprint density at radius 1 is 1.32 bits per heavy atom. The topological polar surface area (TPSA) is 75.9 Å². The van der Waals surface area contributed by atoms with E-state index in [2.05, 4.69) is 31.8 Å². The number of piperidine rings is 1. The molecular weight excluding hydrogens is 356 g/mol. The number of amides is 1. The average molecular weight is 379 g/mol. The monoisotopic (exact) mass is 378 g/mol. The molecule has 0 radical (unpaired) electrons. The molecule has 0 spiro atoms. The zero-order valence-electron chi connectivity index (χ0n) is 14.0. The normalized spacial score (nSPS) is 19.2. The van der Waals surface area contributed by atoms with Crippen molar-refractivity contribution >= 4 is 29.0 Å². The first-order valence-corrected chi connectivity index (χ1v) is 10.6. The molecular formula is C16H22N6OS2. The van der Waals surface area contributed by atoms with Gasteiger partial charge < -0.3 is 10.2 Å². The summed E-state index contributed by atoms with van der Waals surface area (Å²) < 4.78 is 1.75. The minimum atomic E-state index is 0.0699.